The van der Waals surface area contributed by atoms with Crippen LogP contribution in [0.1, 0.15) is 31.7 Å². The number of halogens is 1. The Balaban J connectivity index is 1.60. The van der Waals surface area contributed by atoms with Gasteiger partial charge < -0.3 is 14.9 Å². The Bertz CT molecular complexity index is 774. The van der Waals surface area contributed by atoms with Gasteiger partial charge in [-0.2, -0.15) is 0 Å². The summed E-state index contributed by atoms with van der Waals surface area (Å²) in [5.41, 5.74) is 0.515. The molecular formula is C18H19FN2O4. The van der Waals surface area contributed by atoms with Crippen LogP contribution in [0.15, 0.2) is 41.1 Å². The first-order chi connectivity index (χ1) is 11.9. The summed E-state index contributed by atoms with van der Waals surface area (Å²) in [5.74, 6) is -1.06. The van der Waals surface area contributed by atoms with Crippen molar-refractivity contribution in [2.45, 2.75) is 37.8 Å². The number of oxime groups is 1. The van der Waals surface area contributed by atoms with Crippen LogP contribution in [0.25, 0.3) is 0 Å². The highest BCUT2D eigenvalue weighted by molar-refractivity contribution is 6.05. The second kappa shape index (κ2) is 6.66. The normalized spacial score (nSPS) is 25.0. The van der Waals surface area contributed by atoms with Crippen LogP contribution < -0.4 is 5.32 Å². The number of methoxy groups -OCH3 is 1. The van der Waals surface area contributed by atoms with Crippen molar-refractivity contribution in [2.75, 3.05) is 7.11 Å². The highest BCUT2D eigenvalue weighted by Crippen LogP contribution is 2.28. The lowest BCUT2D eigenvalue weighted by Crippen LogP contribution is -2.48. The van der Waals surface area contributed by atoms with E-state index in [0.29, 0.717) is 29.7 Å². The van der Waals surface area contributed by atoms with Crippen LogP contribution in [0.5, 0.6) is 0 Å². The van der Waals surface area contributed by atoms with Crippen molar-refractivity contribution in [1.29, 1.82) is 0 Å². The van der Waals surface area contributed by atoms with Crippen LogP contribution in [0, 0.1) is 5.82 Å². The van der Waals surface area contributed by atoms with Gasteiger partial charge in [0.15, 0.2) is 0 Å². The minimum atomic E-state index is -1.16. The van der Waals surface area contributed by atoms with Gasteiger partial charge >= 0.3 is 5.97 Å². The molecule has 0 spiro atoms. The highest BCUT2D eigenvalue weighted by atomic mass is 19.1. The van der Waals surface area contributed by atoms with E-state index in [-0.39, 0.29) is 30.2 Å². The highest BCUT2D eigenvalue weighted by Gasteiger charge is 2.43. The number of nitrogens with zero attached hydrogens (tertiary/aromatic N) is 1. The number of carbonyl (C=O) groups is 2. The number of esters is 1. The first-order valence-corrected chi connectivity index (χ1v) is 8.00. The number of benzene rings is 1. The molecule has 2 aliphatic rings. The maximum absolute atomic E-state index is 13.4. The number of ether oxygens (including phenoxy) is 1. The molecule has 1 aliphatic carbocycles. The molecular weight excluding hydrogens is 327 g/mol. The lowest BCUT2D eigenvalue weighted by atomic mass is 9.94. The van der Waals surface area contributed by atoms with Gasteiger partial charge in [-0.25, -0.2) is 9.18 Å². The maximum atomic E-state index is 13.4. The van der Waals surface area contributed by atoms with Crippen LogP contribution in [0.2, 0.25) is 0 Å². The van der Waals surface area contributed by atoms with Crippen molar-refractivity contribution in [3.8, 4) is 0 Å². The van der Waals surface area contributed by atoms with E-state index in [2.05, 4.69) is 15.2 Å². The summed E-state index contributed by atoms with van der Waals surface area (Å²) in [5, 5.41) is 6.84. The third-order valence-corrected chi connectivity index (χ3v) is 4.40. The van der Waals surface area contributed by atoms with E-state index >= 15 is 0 Å². The zero-order valence-corrected chi connectivity index (χ0v) is 14.0. The number of nitrogens with one attached hydrogen (secondary N) is 1. The number of hydrogen-bond donors (Lipinski definition) is 1. The Hall–Kier alpha value is -2.70. The van der Waals surface area contributed by atoms with Crippen molar-refractivity contribution in [1.82, 2.24) is 5.32 Å². The fraction of sp³-hybridized carbons (Fsp3) is 0.389. The average molecular weight is 346 g/mol. The Kier molecular flexibility index (Phi) is 4.57. The van der Waals surface area contributed by atoms with E-state index in [9.17, 15) is 14.0 Å². The Morgan fingerprint density at radius 3 is 2.96 bits per heavy atom. The van der Waals surface area contributed by atoms with Crippen molar-refractivity contribution < 1.29 is 23.6 Å². The lowest BCUT2D eigenvalue weighted by Gasteiger charge is -2.23. The van der Waals surface area contributed by atoms with Crippen LogP contribution >= 0.6 is 0 Å². The van der Waals surface area contributed by atoms with Crippen LogP contribution in [0.4, 0.5) is 4.39 Å². The smallest absolute Gasteiger partial charge is 0.333 e. The van der Waals surface area contributed by atoms with Crippen LogP contribution in [-0.4, -0.2) is 36.3 Å². The van der Waals surface area contributed by atoms with Gasteiger partial charge in [0.25, 0.3) is 5.91 Å². The molecule has 6 nitrogen and oxygen atoms in total. The molecule has 25 heavy (non-hydrogen) atoms. The molecule has 0 bridgehead atoms. The van der Waals surface area contributed by atoms with Gasteiger partial charge in [-0.15, -0.1) is 0 Å². The zero-order valence-electron chi connectivity index (χ0n) is 14.0. The molecule has 7 heteroatoms. The Morgan fingerprint density at radius 1 is 1.44 bits per heavy atom. The van der Waals surface area contributed by atoms with E-state index < -0.39 is 5.60 Å². The fourth-order valence-electron chi connectivity index (χ4n) is 2.95. The second-order valence-corrected chi connectivity index (χ2v) is 6.38. The van der Waals surface area contributed by atoms with E-state index in [0.717, 1.165) is 0 Å². The third kappa shape index (κ3) is 3.55. The maximum Gasteiger partial charge on any atom is 0.333 e. The van der Waals surface area contributed by atoms with Crippen LogP contribution in [-0.2, 0) is 19.2 Å². The van der Waals surface area contributed by atoms with E-state index in [1.807, 2.05) is 0 Å². The van der Waals surface area contributed by atoms with Gasteiger partial charge in [-0.1, -0.05) is 23.4 Å². The van der Waals surface area contributed by atoms with Gasteiger partial charge in [0.1, 0.15) is 5.82 Å². The average Bonchev–Trinajstić information content (AvgIpc) is 3.22. The lowest BCUT2D eigenvalue weighted by molar-refractivity contribution is -0.142. The summed E-state index contributed by atoms with van der Waals surface area (Å²) in [6, 6.07) is 5.83. The SMILES string of the molecule is COC(=O)C1=CC[C@@H](NC(=O)[C@]2(C)CC(c3cccc(F)c3)=NO2)C1. The van der Waals surface area contributed by atoms with Crippen LogP contribution in [0.3, 0.4) is 0 Å². The zero-order chi connectivity index (χ0) is 18.0. The first kappa shape index (κ1) is 17.1. The molecule has 0 radical (unpaired) electrons. The largest absolute Gasteiger partial charge is 0.466 e. The quantitative estimate of drug-likeness (QED) is 0.847. The molecule has 1 aromatic rings. The van der Waals surface area contributed by atoms with Gasteiger partial charge in [-0.3, -0.25) is 4.79 Å². The molecule has 1 aliphatic heterocycles. The standard InChI is InChI=1S/C18H19FN2O4/c1-18(10-15(21-25-18)11-4-3-5-13(19)8-11)17(23)20-14-7-6-12(9-14)16(22)24-2/h3-6,8,14H,7,9-10H2,1-2H3,(H,20,23)/t14-,18+/m1/s1. The molecule has 1 heterocycles. The van der Waals surface area contributed by atoms with E-state index in [1.165, 1.54) is 19.2 Å². The second-order valence-electron chi connectivity index (χ2n) is 6.38. The summed E-state index contributed by atoms with van der Waals surface area (Å²) in [6.07, 6.45) is 2.99. The van der Waals surface area contributed by atoms with Crippen molar-refractivity contribution in [2.24, 2.45) is 5.16 Å². The first-order valence-electron chi connectivity index (χ1n) is 8.00. The number of hydrogen-bond acceptors (Lipinski definition) is 5. The molecule has 1 aromatic carbocycles. The number of rotatable bonds is 4. The predicted molar refractivity (Wildman–Crippen MR) is 88.3 cm³/mol. The number of amides is 1. The molecule has 132 valence electrons. The summed E-state index contributed by atoms with van der Waals surface area (Å²) in [6.45, 7) is 1.64. The van der Waals surface area contributed by atoms with E-state index in [1.54, 1.807) is 25.1 Å². The van der Waals surface area contributed by atoms with Gasteiger partial charge in [0.05, 0.1) is 12.8 Å². The van der Waals surface area contributed by atoms with Crippen molar-refractivity contribution in [3.63, 3.8) is 0 Å². The molecule has 0 saturated carbocycles. The van der Waals surface area contributed by atoms with Crippen molar-refractivity contribution in [3.05, 3.63) is 47.3 Å². The summed E-state index contributed by atoms with van der Waals surface area (Å²) >= 11 is 0. The minimum Gasteiger partial charge on any atom is -0.466 e. The molecule has 2 atom stereocenters. The molecule has 0 saturated heterocycles. The van der Waals surface area contributed by atoms with Crippen molar-refractivity contribution >= 4 is 17.6 Å². The predicted octanol–water partition coefficient (Wildman–Crippen LogP) is 2.09. The summed E-state index contributed by atoms with van der Waals surface area (Å²) in [4.78, 5) is 29.5. The third-order valence-electron chi connectivity index (χ3n) is 4.40. The summed E-state index contributed by atoms with van der Waals surface area (Å²) in [7, 11) is 1.33. The Labute approximate surface area is 144 Å². The van der Waals surface area contributed by atoms with Gasteiger partial charge in [0.2, 0.25) is 5.60 Å². The molecule has 0 aromatic heterocycles. The molecule has 0 unspecified atom stereocenters. The summed E-state index contributed by atoms with van der Waals surface area (Å²) < 4.78 is 18.0. The van der Waals surface area contributed by atoms with E-state index in [4.69, 9.17) is 4.84 Å². The monoisotopic (exact) mass is 346 g/mol. The molecule has 1 amide bonds. The van der Waals surface area contributed by atoms with Gasteiger partial charge in [0, 0.05) is 23.6 Å². The number of carbonyl (C=O) groups excluding carboxylic acids is 2. The molecule has 1 N–H and O–H groups in total. The molecule has 3 rings (SSSR count). The fourth-order valence-corrected chi connectivity index (χ4v) is 2.95. The van der Waals surface area contributed by atoms with Gasteiger partial charge in [-0.05, 0) is 31.9 Å². The minimum absolute atomic E-state index is 0.180. The topological polar surface area (TPSA) is 77.0 Å². The Morgan fingerprint density at radius 2 is 2.24 bits per heavy atom. The molecule has 0 fully saturated rings.